The first-order valence-corrected chi connectivity index (χ1v) is 6.74. The van der Waals surface area contributed by atoms with Gasteiger partial charge in [-0.05, 0) is 19.0 Å². The van der Waals surface area contributed by atoms with Gasteiger partial charge < -0.3 is 9.84 Å². The monoisotopic (exact) mass is 257 g/mol. The molecule has 1 aliphatic rings. The molecule has 1 N–H and O–H groups in total. The van der Waals surface area contributed by atoms with Crippen LogP contribution in [0.25, 0.3) is 0 Å². The summed E-state index contributed by atoms with van der Waals surface area (Å²) < 4.78 is 5.48. The molecule has 0 unspecified atom stereocenters. The summed E-state index contributed by atoms with van der Waals surface area (Å²) in [6.07, 6.45) is 1.03. The molecule has 0 radical (unpaired) electrons. The summed E-state index contributed by atoms with van der Waals surface area (Å²) in [5, 5.41) is 7.30. The fourth-order valence-corrected chi connectivity index (χ4v) is 2.62. The SMILES string of the molecule is CNCc1noc2c1CCN(Cc1ccccc1)C2. The van der Waals surface area contributed by atoms with Gasteiger partial charge in [-0.3, -0.25) is 4.90 Å². The van der Waals surface area contributed by atoms with E-state index in [0.29, 0.717) is 0 Å². The number of nitrogens with one attached hydrogen (secondary N) is 1. The lowest BCUT2D eigenvalue weighted by atomic mass is 10.0. The molecule has 2 heterocycles. The van der Waals surface area contributed by atoms with Gasteiger partial charge >= 0.3 is 0 Å². The molecule has 1 aliphatic heterocycles. The number of hydrogen-bond acceptors (Lipinski definition) is 4. The van der Waals surface area contributed by atoms with E-state index in [9.17, 15) is 0 Å². The highest BCUT2D eigenvalue weighted by Crippen LogP contribution is 2.23. The molecule has 19 heavy (non-hydrogen) atoms. The Kier molecular flexibility index (Phi) is 3.62. The lowest BCUT2D eigenvalue weighted by molar-refractivity contribution is 0.210. The number of nitrogens with zero attached hydrogens (tertiary/aromatic N) is 2. The smallest absolute Gasteiger partial charge is 0.154 e. The van der Waals surface area contributed by atoms with Crippen molar-refractivity contribution in [2.24, 2.45) is 0 Å². The van der Waals surface area contributed by atoms with Crippen LogP contribution in [0, 0.1) is 0 Å². The van der Waals surface area contributed by atoms with Crippen LogP contribution >= 0.6 is 0 Å². The van der Waals surface area contributed by atoms with E-state index in [-0.39, 0.29) is 0 Å². The van der Waals surface area contributed by atoms with Gasteiger partial charge in [0.05, 0.1) is 6.54 Å². The topological polar surface area (TPSA) is 41.3 Å². The minimum atomic E-state index is 0.789. The van der Waals surface area contributed by atoms with Gasteiger partial charge in [0.25, 0.3) is 0 Å². The highest BCUT2D eigenvalue weighted by molar-refractivity contribution is 5.26. The van der Waals surface area contributed by atoms with Crippen molar-refractivity contribution in [2.75, 3.05) is 13.6 Å². The molecule has 0 saturated carbocycles. The third-order valence-electron chi connectivity index (χ3n) is 3.59. The van der Waals surface area contributed by atoms with Crippen molar-refractivity contribution in [3.8, 4) is 0 Å². The molecular weight excluding hydrogens is 238 g/mol. The van der Waals surface area contributed by atoms with Crippen LogP contribution in [0.15, 0.2) is 34.9 Å². The van der Waals surface area contributed by atoms with E-state index in [1.54, 1.807) is 0 Å². The third kappa shape index (κ3) is 2.69. The van der Waals surface area contributed by atoms with Crippen LogP contribution in [-0.2, 0) is 26.1 Å². The van der Waals surface area contributed by atoms with Crippen molar-refractivity contribution in [3.63, 3.8) is 0 Å². The van der Waals surface area contributed by atoms with Crippen molar-refractivity contribution < 1.29 is 4.52 Å². The van der Waals surface area contributed by atoms with Gasteiger partial charge in [-0.15, -0.1) is 0 Å². The quantitative estimate of drug-likeness (QED) is 0.909. The first-order valence-electron chi connectivity index (χ1n) is 6.74. The van der Waals surface area contributed by atoms with Gasteiger partial charge in [0.2, 0.25) is 0 Å². The zero-order valence-corrected chi connectivity index (χ0v) is 11.2. The van der Waals surface area contributed by atoms with Crippen LogP contribution in [0.2, 0.25) is 0 Å². The van der Waals surface area contributed by atoms with Crippen molar-refractivity contribution in [1.29, 1.82) is 0 Å². The molecule has 0 amide bonds. The number of rotatable bonds is 4. The van der Waals surface area contributed by atoms with E-state index in [1.165, 1.54) is 11.1 Å². The summed E-state index contributed by atoms with van der Waals surface area (Å²) in [5.41, 5.74) is 3.72. The molecule has 0 atom stereocenters. The number of fused-ring (bicyclic) bond motifs is 1. The van der Waals surface area contributed by atoms with Crippen LogP contribution in [0.3, 0.4) is 0 Å². The van der Waals surface area contributed by atoms with Gasteiger partial charge in [0.1, 0.15) is 5.69 Å². The van der Waals surface area contributed by atoms with E-state index < -0.39 is 0 Å². The summed E-state index contributed by atoms with van der Waals surface area (Å²) in [7, 11) is 1.94. The molecule has 0 fully saturated rings. The fraction of sp³-hybridized carbons (Fsp3) is 0.400. The average molecular weight is 257 g/mol. The van der Waals surface area contributed by atoms with Crippen molar-refractivity contribution in [2.45, 2.75) is 26.1 Å². The largest absolute Gasteiger partial charge is 0.359 e. The number of hydrogen-bond donors (Lipinski definition) is 1. The molecule has 100 valence electrons. The maximum atomic E-state index is 5.48. The molecular formula is C15H19N3O. The normalized spacial score (nSPS) is 15.4. The molecule has 2 aromatic rings. The molecule has 0 aliphatic carbocycles. The lowest BCUT2D eigenvalue weighted by Crippen LogP contribution is -2.29. The van der Waals surface area contributed by atoms with Crippen molar-refractivity contribution in [3.05, 3.63) is 52.9 Å². The summed E-state index contributed by atoms with van der Waals surface area (Å²) >= 11 is 0. The highest BCUT2D eigenvalue weighted by atomic mass is 16.5. The molecule has 4 nitrogen and oxygen atoms in total. The van der Waals surface area contributed by atoms with Gasteiger partial charge in [-0.1, -0.05) is 35.5 Å². The number of aromatic nitrogens is 1. The molecule has 0 saturated heterocycles. The summed E-state index contributed by atoms with van der Waals surface area (Å²) in [4.78, 5) is 2.41. The first kappa shape index (κ1) is 12.4. The second kappa shape index (κ2) is 5.55. The molecule has 1 aromatic carbocycles. The Morgan fingerprint density at radius 3 is 2.95 bits per heavy atom. The second-order valence-electron chi connectivity index (χ2n) is 5.01. The van der Waals surface area contributed by atoms with Crippen molar-refractivity contribution >= 4 is 0 Å². The van der Waals surface area contributed by atoms with Crippen LogP contribution in [0.5, 0.6) is 0 Å². The maximum Gasteiger partial charge on any atom is 0.154 e. The Hall–Kier alpha value is -1.65. The van der Waals surface area contributed by atoms with Crippen LogP contribution in [-0.4, -0.2) is 23.6 Å². The molecule has 0 bridgehead atoms. The summed E-state index contributed by atoms with van der Waals surface area (Å²) in [5.74, 6) is 1.03. The molecule has 3 rings (SSSR count). The molecule has 1 aromatic heterocycles. The Bertz CT molecular complexity index is 536. The van der Waals surface area contributed by atoms with Crippen LogP contribution in [0.4, 0.5) is 0 Å². The van der Waals surface area contributed by atoms with E-state index in [0.717, 1.165) is 44.1 Å². The van der Waals surface area contributed by atoms with Gasteiger partial charge in [0.15, 0.2) is 5.76 Å². The average Bonchev–Trinajstić information content (AvgIpc) is 2.83. The van der Waals surface area contributed by atoms with Crippen LogP contribution < -0.4 is 5.32 Å². The molecule has 0 spiro atoms. The standard InChI is InChI=1S/C15H19N3O/c1-16-9-14-13-7-8-18(11-15(13)19-17-14)10-12-5-3-2-4-6-12/h2-6,16H,7-11H2,1H3. The predicted octanol–water partition coefficient (Wildman–Crippen LogP) is 1.95. The van der Waals surface area contributed by atoms with E-state index >= 15 is 0 Å². The Morgan fingerprint density at radius 1 is 1.32 bits per heavy atom. The van der Waals surface area contributed by atoms with E-state index in [4.69, 9.17) is 4.52 Å². The Balaban J connectivity index is 1.69. The predicted molar refractivity (Wildman–Crippen MR) is 73.5 cm³/mol. The van der Waals surface area contributed by atoms with Gasteiger partial charge in [-0.2, -0.15) is 0 Å². The minimum absolute atomic E-state index is 0.789. The van der Waals surface area contributed by atoms with E-state index in [1.807, 2.05) is 7.05 Å². The minimum Gasteiger partial charge on any atom is -0.359 e. The first-order chi connectivity index (χ1) is 9.36. The van der Waals surface area contributed by atoms with Crippen molar-refractivity contribution in [1.82, 2.24) is 15.4 Å². The second-order valence-corrected chi connectivity index (χ2v) is 5.01. The highest BCUT2D eigenvalue weighted by Gasteiger charge is 2.23. The number of benzene rings is 1. The third-order valence-corrected chi connectivity index (χ3v) is 3.59. The Labute approximate surface area is 113 Å². The fourth-order valence-electron chi connectivity index (χ4n) is 2.62. The van der Waals surface area contributed by atoms with E-state index in [2.05, 4.69) is 45.7 Å². The lowest BCUT2D eigenvalue weighted by Gasteiger charge is -2.25. The van der Waals surface area contributed by atoms with Gasteiger partial charge in [-0.25, -0.2) is 0 Å². The summed E-state index contributed by atoms with van der Waals surface area (Å²) in [6, 6.07) is 10.6. The molecule has 4 heteroatoms. The zero-order chi connectivity index (χ0) is 13.1. The zero-order valence-electron chi connectivity index (χ0n) is 11.2. The maximum absolute atomic E-state index is 5.48. The van der Waals surface area contributed by atoms with Gasteiger partial charge in [0, 0.05) is 25.2 Å². The van der Waals surface area contributed by atoms with Crippen LogP contribution in [0.1, 0.15) is 22.6 Å². The Morgan fingerprint density at radius 2 is 2.16 bits per heavy atom. The summed E-state index contributed by atoms with van der Waals surface area (Å²) in [6.45, 7) is 3.70.